The van der Waals surface area contributed by atoms with Crippen molar-refractivity contribution in [2.45, 2.75) is 77.5 Å². The zero-order valence-corrected chi connectivity index (χ0v) is 13.8. The van der Waals surface area contributed by atoms with Crippen molar-refractivity contribution in [2.75, 3.05) is 6.54 Å². The summed E-state index contributed by atoms with van der Waals surface area (Å²) in [5.41, 5.74) is 0.548. The highest BCUT2D eigenvalue weighted by atomic mass is 16.3. The Bertz CT molecular complexity index is 421. The van der Waals surface area contributed by atoms with Crippen molar-refractivity contribution in [1.29, 1.82) is 0 Å². The van der Waals surface area contributed by atoms with Crippen LogP contribution < -0.4 is 5.32 Å². The molecule has 0 radical (unpaired) electrons. The standard InChI is InChI=1S/C17H31N3O/c1-4-14(3)20-11-8-16(19-20)12-18-13-17(21)9-6-15(5-2)7-10-17/h8,11,14-15,18,21H,4-7,9-10,12-13H2,1-3H3. The molecule has 2 N–H and O–H groups in total. The van der Waals surface area contributed by atoms with Gasteiger partial charge in [-0.15, -0.1) is 0 Å². The second-order valence-corrected chi connectivity index (χ2v) is 6.72. The van der Waals surface area contributed by atoms with Crippen LogP contribution in [0.3, 0.4) is 0 Å². The van der Waals surface area contributed by atoms with Crippen molar-refractivity contribution in [3.63, 3.8) is 0 Å². The first-order chi connectivity index (χ1) is 10.1. The quantitative estimate of drug-likeness (QED) is 0.811. The van der Waals surface area contributed by atoms with Crippen molar-refractivity contribution in [3.05, 3.63) is 18.0 Å². The summed E-state index contributed by atoms with van der Waals surface area (Å²) in [4.78, 5) is 0. The largest absolute Gasteiger partial charge is 0.389 e. The van der Waals surface area contributed by atoms with Crippen LogP contribution in [0.5, 0.6) is 0 Å². The highest BCUT2D eigenvalue weighted by Crippen LogP contribution is 2.33. The van der Waals surface area contributed by atoms with Crippen LogP contribution in [-0.2, 0) is 6.54 Å². The minimum atomic E-state index is -0.509. The van der Waals surface area contributed by atoms with Gasteiger partial charge in [-0.1, -0.05) is 20.3 Å². The third kappa shape index (κ3) is 4.55. The number of aliphatic hydroxyl groups is 1. The number of aromatic nitrogens is 2. The number of hydrogen-bond acceptors (Lipinski definition) is 3. The molecule has 2 rings (SSSR count). The van der Waals surface area contributed by atoms with Crippen molar-refractivity contribution >= 4 is 0 Å². The van der Waals surface area contributed by atoms with E-state index in [-0.39, 0.29) is 0 Å². The van der Waals surface area contributed by atoms with Crippen molar-refractivity contribution in [2.24, 2.45) is 5.92 Å². The third-order valence-electron chi connectivity index (χ3n) is 5.08. The Labute approximate surface area is 128 Å². The van der Waals surface area contributed by atoms with Crippen LogP contribution >= 0.6 is 0 Å². The molecule has 1 aromatic rings. The van der Waals surface area contributed by atoms with E-state index in [1.165, 1.54) is 6.42 Å². The lowest BCUT2D eigenvalue weighted by molar-refractivity contribution is -0.00887. The van der Waals surface area contributed by atoms with E-state index in [9.17, 15) is 5.11 Å². The van der Waals surface area contributed by atoms with Crippen molar-refractivity contribution in [1.82, 2.24) is 15.1 Å². The van der Waals surface area contributed by atoms with E-state index in [1.54, 1.807) is 0 Å². The zero-order chi connectivity index (χ0) is 15.3. The first kappa shape index (κ1) is 16.5. The van der Waals surface area contributed by atoms with Crippen LogP contribution in [0.25, 0.3) is 0 Å². The van der Waals surface area contributed by atoms with E-state index < -0.39 is 5.60 Å². The lowest BCUT2D eigenvalue weighted by atomic mass is 9.78. The molecule has 1 fully saturated rings. The maximum atomic E-state index is 10.6. The Morgan fingerprint density at radius 1 is 1.43 bits per heavy atom. The molecule has 0 saturated heterocycles. The first-order valence-corrected chi connectivity index (χ1v) is 8.53. The average Bonchev–Trinajstić information content (AvgIpc) is 2.96. The third-order valence-corrected chi connectivity index (χ3v) is 5.08. The van der Waals surface area contributed by atoms with Gasteiger partial charge in [0.15, 0.2) is 0 Å². The molecule has 1 saturated carbocycles. The van der Waals surface area contributed by atoms with E-state index in [2.05, 4.69) is 37.3 Å². The highest BCUT2D eigenvalue weighted by molar-refractivity contribution is 5.00. The molecule has 0 spiro atoms. The smallest absolute Gasteiger partial charge is 0.0771 e. The summed E-state index contributed by atoms with van der Waals surface area (Å²) in [6.45, 7) is 8.02. The normalized spacial score (nSPS) is 27.7. The number of hydrogen-bond donors (Lipinski definition) is 2. The van der Waals surface area contributed by atoms with Gasteiger partial charge in [-0.05, 0) is 51.0 Å². The molecule has 1 heterocycles. The first-order valence-electron chi connectivity index (χ1n) is 8.53. The number of nitrogens with one attached hydrogen (secondary N) is 1. The average molecular weight is 293 g/mol. The summed E-state index contributed by atoms with van der Waals surface area (Å²) in [6, 6.07) is 2.52. The molecule has 21 heavy (non-hydrogen) atoms. The highest BCUT2D eigenvalue weighted by Gasteiger charge is 2.32. The predicted octanol–water partition coefficient (Wildman–Crippen LogP) is 3.28. The summed E-state index contributed by atoms with van der Waals surface area (Å²) in [6.07, 6.45) is 8.57. The fourth-order valence-electron chi connectivity index (χ4n) is 3.13. The molecule has 0 bridgehead atoms. The molecule has 1 aliphatic carbocycles. The zero-order valence-electron chi connectivity index (χ0n) is 13.8. The fourth-order valence-corrected chi connectivity index (χ4v) is 3.13. The molecular formula is C17H31N3O. The second kappa shape index (κ2) is 7.41. The lowest BCUT2D eigenvalue weighted by Crippen LogP contribution is -2.43. The lowest BCUT2D eigenvalue weighted by Gasteiger charge is -2.36. The van der Waals surface area contributed by atoms with Crippen LogP contribution in [0.15, 0.2) is 12.3 Å². The SMILES string of the molecule is CCC1CCC(O)(CNCc2ccn(C(C)CC)n2)CC1. The van der Waals surface area contributed by atoms with Crippen LogP contribution in [0.2, 0.25) is 0 Å². The Morgan fingerprint density at radius 3 is 2.76 bits per heavy atom. The maximum absolute atomic E-state index is 10.6. The maximum Gasteiger partial charge on any atom is 0.0771 e. The molecule has 1 unspecified atom stereocenters. The number of rotatable bonds is 7. The summed E-state index contributed by atoms with van der Waals surface area (Å²) < 4.78 is 2.03. The van der Waals surface area contributed by atoms with Crippen LogP contribution in [0, 0.1) is 5.92 Å². The second-order valence-electron chi connectivity index (χ2n) is 6.72. The van der Waals surface area contributed by atoms with E-state index in [1.807, 2.05) is 10.9 Å². The monoisotopic (exact) mass is 293 g/mol. The Hall–Kier alpha value is -0.870. The molecule has 1 atom stereocenters. The van der Waals surface area contributed by atoms with Gasteiger partial charge in [0.2, 0.25) is 0 Å². The summed E-state index contributed by atoms with van der Waals surface area (Å²) in [5, 5.41) is 18.6. The Kier molecular flexibility index (Phi) is 5.82. The van der Waals surface area contributed by atoms with Crippen molar-refractivity contribution < 1.29 is 5.11 Å². The molecule has 4 heteroatoms. The van der Waals surface area contributed by atoms with E-state index >= 15 is 0 Å². The topological polar surface area (TPSA) is 50.1 Å². The van der Waals surface area contributed by atoms with E-state index in [4.69, 9.17) is 0 Å². The molecule has 4 nitrogen and oxygen atoms in total. The number of nitrogens with zero attached hydrogens (tertiary/aromatic N) is 2. The van der Waals surface area contributed by atoms with Gasteiger partial charge in [-0.3, -0.25) is 4.68 Å². The van der Waals surface area contributed by atoms with E-state index in [0.717, 1.165) is 50.3 Å². The van der Waals surface area contributed by atoms with Crippen LogP contribution in [0.4, 0.5) is 0 Å². The van der Waals surface area contributed by atoms with Gasteiger partial charge >= 0.3 is 0 Å². The van der Waals surface area contributed by atoms with E-state index in [0.29, 0.717) is 12.6 Å². The van der Waals surface area contributed by atoms with Gasteiger partial charge in [0.1, 0.15) is 0 Å². The van der Waals surface area contributed by atoms with Gasteiger partial charge in [-0.2, -0.15) is 5.10 Å². The molecule has 0 amide bonds. The van der Waals surface area contributed by atoms with Gasteiger partial charge < -0.3 is 10.4 Å². The summed E-state index contributed by atoms with van der Waals surface area (Å²) in [7, 11) is 0. The minimum absolute atomic E-state index is 0.451. The van der Waals surface area contributed by atoms with Crippen LogP contribution in [0.1, 0.15) is 71.0 Å². The molecule has 120 valence electrons. The van der Waals surface area contributed by atoms with Gasteiger partial charge in [0, 0.05) is 25.3 Å². The molecule has 1 aromatic heterocycles. The minimum Gasteiger partial charge on any atom is -0.389 e. The van der Waals surface area contributed by atoms with Gasteiger partial charge in [0.25, 0.3) is 0 Å². The fraction of sp³-hybridized carbons (Fsp3) is 0.824. The molecular weight excluding hydrogens is 262 g/mol. The molecule has 0 aliphatic heterocycles. The Balaban J connectivity index is 1.75. The Morgan fingerprint density at radius 2 is 2.14 bits per heavy atom. The van der Waals surface area contributed by atoms with Crippen molar-refractivity contribution in [3.8, 4) is 0 Å². The van der Waals surface area contributed by atoms with Crippen LogP contribution in [-0.4, -0.2) is 27.0 Å². The summed E-state index contributed by atoms with van der Waals surface area (Å²) in [5.74, 6) is 0.816. The van der Waals surface area contributed by atoms with Gasteiger partial charge in [-0.25, -0.2) is 0 Å². The summed E-state index contributed by atoms with van der Waals surface area (Å²) >= 11 is 0. The molecule has 0 aromatic carbocycles. The van der Waals surface area contributed by atoms with Gasteiger partial charge in [0.05, 0.1) is 11.3 Å². The predicted molar refractivity (Wildman–Crippen MR) is 86.1 cm³/mol. The molecule has 1 aliphatic rings.